The third-order valence-electron chi connectivity index (χ3n) is 3.93. The van der Waals surface area contributed by atoms with Crippen LogP contribution in [-0.2, 0) is 4.79 Å². The number of carbonyl (C=O) groups is 1. The number of rotatable bonds is 7. The molecule has 0 saturated heterocycles. The summed E-state index contributed by atoms with van der Waals surface area (Å²) in [5.41, 5.74) is 3.69. The maximum absolute atomic E-state index is 12.3. The van der Waals surface area contributed by atoms with Crippen LogP contribution in [0.4, 0.5) is 0 Å². The monoisotopic (exact) mass is 409 g/mol. The first kappa shape index (κ1) is 20.0. The predicted octanol–water partition coefficient (Wildman–Crippen LogP) is 5.16. The van der Waals surface area contributed by atoms with E-state index in [4.69, 9.17) is 9.94 Å². The normalized spacial score (nSPS) is 11.2. The number of amides is 1. The molecule has 0 spiro atoms. The van der Waals surface area contributed by atoms with Crippen molar-refractivity contribution in [2.24, 2.45) is 0 Å². The zero-order valence-electron chi connectivity index (χ0n) is 15.2. The van der Waals surface area contributed by atoms with Crippen molar-refractivity contribution in [1.82, 2.24) is 5.48 Å². The second-order valence-electron chi connectivity index (χ2n) is 5.76. The van der Waals surface area contributed by atoms with Gasteiger partial charge in [-0.15, -0.1) is 29.0 Å². The minimum atomic E-state index is -0.569. The van der Waals surface area contributed by atoms with Crippen molar-refractivity contribution >= 4 is 29.0 Å². The van der Waals surface area contributed by atoms with Crippen LogP contribution < -0.4 is 10.2 Å². The molecular weight excluding hydrogens is 390 g/mol. The SMILES string of the molecule is CC#CCOc1ccc(SC(C(=O)NO)c2ccc(-c3cccs3)cc2)cc1. The van der Waals surface area contributed by atoms with E-state index in [1.165, 1.54) is 16.6 Å². The molecule has 1 aromatic heterocycles. The molecule has 0 aliphatic carbocycles. The van der Waals surface area contributed by atoms with E-state index < -0.39 is 11.2 Å². The number of benzene rings is 2. The van der Waals surface area contributed by atoms with Gasteiger partial charge in [0.25, 0.3) is 5.91 Å². The van der Waals surface area contributed by atoms with Gasteiger partial charge in [-0.2, -0.15) is 0 Å². The lowest BCUT2D eigenvalue weighted by Gasteiger charge is -2.15. The van der Waals surface area contributed by atoms with Gasteiger partial charge in [-0.3, -0.25) is 10.0 Å². The Morgan fingerprint density at radius 2 is 1.93 bits per heavy atom. The van der Waals surface area contributed by atoms with Crippen LogP contribution in [0.25, 0.3) is 10.4 Å². The molecule has 6 heteroatoms. The summed E-state index contributed by atoms with van der Waals surface area (Å²) in [5, 5.41) is 10.6. The molecule has 0 radical (unpaired) electrons. The molecule has 0 fully saturated rings. The fraction of sp³-hybridized carbons (Fsp3) is 0.136. The van der Waals surface area contributed by atoms with Gasteiger partial charge >= 0.3 is 0 Å². The third-order valence-corrected chi connectivity index (χ3v) is 6.12. The minimum Gasteiger partial charge on any atom is -0.481 e. The van der Waals surface area contributed by atoms with Crippen molar-refractivity contribution in [1.29, 1.82) is 0 Å². The van der Waals surface area contributed by atoms with E-state index in [9.17, 15) is 4.79 Å². The Balaban J connectivity index is 1.75. The maximum atomic E-state index is 12.3. The van der Waals surface area contributed by atoms with E-state index in [1.807, 2.05) is 60.0 Å². The Hall–Kier alpha value is -2.72. The standard InChI is InChI=1S/C22H19NO3S2/c1-2-3-14-26-18-10-12-19(13-11-18)28-21(22(24)23-25)17-8-6-16(7-9-17)20-5-4-15-27-20/h4-13,15,21,25H,14H2,1H3,(H,23,24). The van der Waals surface area contributed by atoms with Gasteiger partial charge in [-0.1, -0.05) is 36.3 Å². The predicted molar refractivity (Wildman–Crippen MR) is 114 cm³/mol. The molecule has 1 heterocycles. The molecule has 1 atom stereocenters. The van der Waals surface area contributed by atoms with E-state index >= 15 is 0 Å². The summed E-state index contributed by atoms with van der Waals surface area (Å²) >= 11 is 3.03. The number of hydrogen-bond acceptors (Lipinski definition) is 5. The summed E-state index contributed by atoms with van der Waals surface area (Å²) in [5.74, 6) is 5.88. The molecule has 0 bridgehead atoms. The van der Waals surface area contributed by atoms with E-state index in [-0.39, 0.29) is 0 Å². The number of carbonyl (C=O) groups excluding carboxylic acids is 1. The zero-order valence-corrected chi connectivity index (χ0v) is 16.8. The first-order valence-electron chi connectivity index (χ1n) is 8.58. The molecule has 1 unspecified atom stereocenters. The van der Waals surface area contributed by atoms with Gasteiger partial charge < -0.3 is 4.74 Å². The van der Waals surface area contributed by atoms with E-state index in [2.05, 4.69) is 17.9 Å². The van der Waals surface area contributed by atoms with Gasteiger partial charge in [0.2, 0.25) is 0 Å². The highest BCUT2D eigenvalue weighted by Gasteiger charge is 2.22. The zero-order chi connectivity index (χ0) is 19.8. The molecule has 0 aliphatic rings. The molecule has 142 valence electrons. The van der Waals surface area contributed by atoms with Crippen molar-refractivity contribution < 1.29 is 14.7 Å². The number of hydroxylamine groups is 1. The molecule has 3 rings (SSSR count). The summed E-state index contributed by atoms with van der Waals surface area (Å²) in [6, 6.07) is 19.3. The van der Waals surface area contributed by atoms with Crippen molar-refractivity contribution in [2.45, 2.75) is 17.1 Å². The second-order valence-corrected chi connectivity index (χ2v) is 7.89. The highest BCUT2D eigenvalue weighted by atomic mass is 32.2. The highest BCUT2D eigenvalue weighted by Crippen LogP contribution is 2.37. The molecule has 1 amide bonds. The lowest BCUT2D eigenvalue weighted by atomic mass is 10.1. The third kappa shape index (κ3) is 5.17. The van der Waals surface area contributed by atoms with Crippen LogP contribution >= 0.6 is 23.1 Å². The maximum Gasteiger partial charge on any atom is 0.261 e. The topological polar surface area (TPSA) is 58.6 Å². The average molecular weight is 410 g/mol. The van der Waals surface area contributed by atoms with Gasteiger partial charge in [-0.25, -0.2) is 5.48 Å². The number of thiophene rings is 1. The van der Waals surface area contributed by atoms with Gasteiger partial charge in [0.1, 0.15) is 17.6 Å². The van der Waals surface area contributed by atoms with Crippen molar-refractivity contribution in [2.75, 3.05) is 6.61 Å². The molecule has 3 aromatic rings. The molecule has 2 N–H and O–H groups in total. The smallest absolute Gasteiger partial charge is 0.261 e. The number of nitrogens with one attached hydrogen (secondary N) is 1. The highest BCUT2D eigenvalue weighted by molar-refractivity contribution is 8.00. The van der Waals surface area contributed by atoms with Crippen LogP contribution in [-0.4, -0.2) is 17.7 Å². The van der Waals surface area contributed by atoms with E-state index in [1.54, 1.807) is 23.7 Å². The van der Waals surface area contributed by atoms with Gasteiger partial charge in [0.15, 0.2) is 0 Å². The number of hydrogen-bond donors (Lipinski definition) is 2. The number of ether oxygens (including phenoxy) is 1. The summed E-state index contributed by atoms with van der Waals surface area (Å²) in [7, 11) is 0. The Kier molecular flexibility index (Phi) is 7.15. The van der Waals surface area contributed by atoms with Crippen LogP contribution in [0.15, 0.2) is 70.9 Å². The van der Waals surface area contributed by atoms with Crippen molar-refractivity contribution in [3.8, 4) is 28.0 Å². The van der Waals surface area contributed by atoms with Crippen LogP contribution in [0.1, 0.15) is 17.7 Å². The minimum absolute atomic E-state index is 0.342. The van der Waals surface area contributed by atoms with Crippen molar-refractivity contribution in [3.63, 3.8) is 0 Å². The van der Waals surface area contributed by atoms with Gasteiger partial charge in [-0.05, 0) is 53.8 Å². The summed E-state index contributed by atoms with van der Waals surface area (Å²) in [6.45, 7) is 2.11. The molecule has 0 saturated carbocycles. The van der Waals surface area contributed by atoms with E-state index in [0.717, 1.165) is 21.8 Å². The fourth-order valence-corrected chi connectivity index (χ4v) is 4.29. The first-order chi connectivity index (χ1) is 13.7. The quantitative estimate of drug-likeness (QED) is 0.245. The lowest BCUT2D eigenvalue weighted by Crippen LogP contribution is -2.24. The Morgan fingerprint density at radius 3 is 2.54 bits per heavy atom. The van der Waals surface area contributed by atoms with Gasteiger partial charge in [0, 0.05) is 9.77 Å². The Bertz CT molecular complexity index is 956. The lowest BCUT2D eigenvalue weighted by molar-refractivity contribution is -0.128. The molecule has 0 aliphatic heterocycles. The largest absolute Gasteiger partial charge is 0.481 e. The van der Waals surface area contributed by atoms with Crippen molar-refractivity contribution in [3.05, 3.63) is 71.6 Å². The fourth-order valence-electron chi connectivity index (χ4n) is 2.54. The van der Waals surface area contributed by atoms with Crippen LogP contribution in [0, 0.1) is 11.8 Å². The summed E-state index contributed by atoms with van der Waals surface area (Å²) in [6.07, 6.45) is 0. The first-order valence-corrected chi connectivity index (χ1v) is 10.3. The summed E-state index contributed by atoms with van der Waals surface area (Å²) in [4.78, 5) is 14.3. The van der Waals surface area contributed by atoms with Gasteiger partial charge in [0.05, 0.1) is 0 Å². The molecule has 4 nitrogen and oxygen atoms in total. The Morgan fingerprint density at radius 1 is 1.18 bits per heavy atom. The average Bonchev–Trinajstić information content (AvgIpc) is 3.28. The summed E-state index contributed by atoms with van der Waals surface area (Å²) < 4.78 is 5.51. The van der Waals surface area contributed by atoms with Crippen LogP contribution in [0.2, 0.25) is 0 Å². The van der Waals surface area contributed by atoms with Crippen LogP contribution in [0.5, 0.6) is 5.75 Å². The Labute approximate surface area is 172 Å². The molecular formula is C22H19NO3S2. The van der Waals surface area contributed by atoms with Crippen LogP contribution in [0.3, 0.4) is 0 Å². The molecule has 2 aromatic carbocycles. The molecule has 28 heavy (non-hydrogen) atoms. The van der Waals surface area contributed by atoms with E-state index in [0.29, 0.717) is 6.61 Å². The number of thioether (sulfide) groups is 1. The second kappa shape index (κ2) is 10.00.